The third-order valence-electron chi connectivity index (χ3n) is 3.34. The normalized spacial score (nSPS) is 26.6. The van der Waals surface area contributed by atoms with Gasteiger partial charge in [-0.05, 0) is 17.9 Å². The molecule has 0 aromatic carbocycles. The van der Waals surface area contributed by atoms with E-state index in [-0.39, 0.29) is 18.4 Å². The Hall–Kier alpha value is -1.89. The molecule has 7 heteroatoms. The van der Waals surface area contributed by atoms with Crippen LogP contribution in [0.4, 0.5) is 4.79 Å². The predicted octanol–water partition coefficient (Wildman–Crippen LogP) is 0.172. The number of rotatable bonds is 1. The average molecular weight is 265 g/mol. The quantitative estimate of drug-likeness (QED) is 0.711. The fourth-order valence-electron chi connectivity index (χ4n) is 2.37. The average Bonchev–Trinajstić information content (AvgIpc) is 3.01. The highest BCUT2D eigenvalue weighted by molar-refractivity contribution is 7.08. The molecule has 1 atom stereocenters. The van der Waals surface area contributed by atoms with Crippen LogP contribution in [0.3, 0.4) is 0 Å². The molecular formula is C11H11N3O3S. The number of amides is 4. The number of likely N-dealkylation sites (tertiary alicyclic amines) is 1. The Morgan fingerprint density at radius 3 is 2.89 bits per heavy atom. The SMILES string of the molecule is O=C1NC(=O)C2(CCN(C(=O)c3ccsc3)C2)N1. The summed E-state index contributed by atoms with van der Waals surface area (Å²) in [6.07, 6.45) is 0.459. The van der Waals surface area contributed by atoms with E-state index in [1.54, 1.807) is 16.3 Å². The largest absolute Gasteiger partial charge is 0.336 e. The number of imide groups is 1. The van der Waals surface area contributed by atoms with Crippen molar-refractivity contribution in [1.29, 1.82) is 0 Å². The van der Waals surface area contributed by atoms with Crippen LogP contribution in [0.15, 0.2) is 16.8 Å². The summed E-state index contributed by atoms with van der Waals surface area (Å²) in [6.45, 7) is 0.710. The zero-order valence-electron chi connectivity index (χ0n) is 9.43. The van der Waals surface area contributed by atoms with Gasteiger partial charge in [-0.15, -0.1) is 0 Å². The van der Waals surface area contributed by atoms with Crippen molar-refractivity contribution in [1.82, 2.24) is 15.5 Å². The van der Waals surface area contributed by atoms with Gasteiger partial charge >= 0.3 is 6.03 Å². The molecule has 2 fully saturated rings. The van der Waals surface area contributed by atoms with E-state index in [0.29, 0.717) is 18.5 Å². The number of hydrogen-bond acceptors (Lipinski definition) is 4. The van der Waals surface area contributed by atoms with Crippen LogP contribution in [0.2, 0.25) is 0 Å². The minimum atomic E-state index is -0.928. The van der Waals surface area contributed by atoms with E-state index < -0.39 is 11.6 Å². The van der Waals surface area contributed by atoms with E-state index in [9.17, 15) is 14.4 Å². The Bertz CT molecular complexity index is 528. The van der Waals surface area contributed by atoms with Crippen LogP contribution in [-0.2, 0) is 4.79 Å². The summed E-state index contributed by atoms with van der Waals surface area (Å²) < 4.78 is 0. The zero-order chi connectivity index (χ0) is 12.8. The van der Waals surface area contributed by atoms with E-state index in [1.165, 1.54) is 11.3 Å². The molecule has 0 radical (unpaired) electrons. The molecule has 3 rings (SSSR count). The lowest BCUT2D eigenvalue weighted by molar-refractivity contribution is -0.123. The van der Waals surface area contributed by atoms with Gasteiger partial charge in [-0.2, -0.15) is 11.3 Å². The van der Waals surface area contributed by atoms with E-state index >= 15 is 0 Å². The maximum atomic E-state index is 12.1. The number of urea groups is 1. The number of carbonyl (C=O) groups excluding carboxylic acids is 3. The Balaban J connectivity index is 1.78. The zero-order valence-corrected chi connectivity index (χ0v) is 10.3. The molecule has 1 aromatic rings. The van der Waals surface area contributed by atoms with Crippen LogP contribution in [0.5, 0.6) is 0 Å². The van der Waals surface area contributed by atoms with Gasteiger partial charge in [0.25, 0.3) is 11.8 Å². The minimum absolute atomic E-state index is 0.0953. The number of nitrogens with one attached hydrogen (secondary N) is 2. The molecule has 1 spiro atoms. The van der Waals surface area contributed by atoms with Gasteiger partial charge in [0.1, 0.15) is 5.54 Å². The molecular weight excluding hydrogens is 254 g/mol. The van der Waals surface area contributed by atoms with Crippen molar-refractivity contribution in [3.63, 3.8) is 0 Å². The molecule has 0 aliphatic carbocycles. The lowest BCUT2D eigenvalue weighted by atomic mass is 9.99. The second-order valence-corrected chi connectivity index (χ2v) is 5.26. The number of hydrogen-bond donors (Lipinski definition) is 2. The van der Waals surface area contributed by atoms with Crippen molar-refractivity contribution in [2.24, 2.45) is 0 Å². The maximum Gasteiger partial charge on any atom is 0.322 e. The van der Waals surface area contributed by atoms with Crippen LogP contribution >= 0.6 is 11.3 Å². The summed E-state index contributed by atoms with van der Waals surface area (Å²) in [6, 6.07) is 1.27. The summed E-state index contributed by atoms with van der Waals surface area (Å²) in [5.41, 5.74) is -0.301. The van der Waals surface area contributed by atoms with Crippen molar-refractivity contribution >= 4 is 29.2 Å². The molecule has 94 valence electrons. The van der Waals surface area contributed by atoms with Crippen LogP contribution in [0, 0.1) is 0 Å². The van der Waals surface area contributed by atoms with Crippen LogP contribution < -0.4 is 10.6 Å². The number of thiophene rings is 1. The lowest BCUT2D eigenvalue weighted by Gasteiger charge is -2.20. The highest BCUT2D eigenvalue weighted by Crippen LogP contribution is 2.26. The topological polar surface area (TPSA) is 78.5 Å². The van der Waals surface area contributed by atoms with E-state index in [2.05, 4.69) is 10.6 Å². The highest BCUT2D eigenvalue weighted by Gasteiger charge is 2.51. The fraction of sp³-hybridized carbons (Fsp3) is 0.364. The van der Waals surface area contributed by atoms with Crippen molar-refractivity contribution in [3.05, 3.63) is 22.4 Å². The van der Waals surface area contributed by atoms with Crippen molar-refractivity contribution in [2.45, 2.75) is 12.0 Å². The molecule has 1 unspecified atom stereocenters. The lowest BCUT2D eigenvalue weighted by Crippen LogP contribution is -2.49. The highest BCUT2D eigenvalue weighted by atomic mass is 32.1. The summed E-state index contributed by atoms with van der Waals surface area (Å²) >= 11 is 1.45. The van der Waals surface area contributed by atoms with Gasteiger partial charge in [0.15, 0.2) is 0 Å². The Morgan fingerprint density at radius 2 is 2.28 bits per heavy atom. The first-order valence-electron chi connectivity index (χ1n) is 5.56. The molecule has 4 amide bonds. The molecule has 6 nitrogen and oxygen atoms in total. The number of nitrogens with zero attached hydrogens (tertiary/aromatic N) is 1. The molecule has 2 aliphatic rings. The maximum absolute atomic E-state index is 12.1. The summed E-state index contributed by atoms with van der Waals surface area (Å²) in [7, 11) is 0. The predicted molar refractivity (Wildman–Crippen MR) is 64.2 cm³/mol. The van der Waals surface area contributed by atoms with E-state index in [1.807, 2.05) is 5.38 Å². The van der Waals surface area contributed by atoms with Crippen molar-refractivity contribution in [3.8, 4) is 0 Å². The molecule has 0 bridgehead atoms. The summed E-state index contributed by atoms with van der Waals surface area (Å²) in [5, 5.41) is 8.45. The van der Waals surface area contributed by atoms with Crippen molar-refractivity contribution in [2.75, 3.05) is 13.1 Å². The van der Waals surface area contributed by atoms with E-state index in [0.717, 1.165) is 0 Å². The van der Waals surface area contributed by atoms with E-state index in [4.69, 9.17) is 0 Å². The molecule has 2 aliphatic heterocycles. The van der Waals surface area contributed by atoms with Gasteiger partial charge in [0.05, 0.1) is 12.1 Å². The van der Waals surface area contributed by atoms with Crippen LogP contribution in [-0.4, -0.2) is 41.4 Å². The van der Waals surface area contributed by atoms with Gasteiger partial charge in [-0.1, -0.05) is 0 Å². The fourth-order valence-corrected chi connectivity index (χ4v) is 3.00. The third-order valence-corrected chi connectivity index (χ3v) is 4.02. The molecule has 0 saturated carbocycles. The van der Waals surface area contributed by atoms with Crippen LogP contribution in [0.1, 0.15) is 16.8 Å². The first kappa shape index (κ1) is 11.2. The van der Waals surface area contributed by atoms with Crippen molar-refractivity contribution < 1.29 is 14.4 Å². The Kier molecular flexibility index (Phi) is 2.37. The van der Waals surface area contributed by atoms with Gasteiger partial charge in [0.2, 0.25) is 0 Å². The van der Waals surface area contributed by atoms with Gasteiger partial charge in [0, 0.05) is 11.9 Å². The Labute approximate surface area is 107 Å². The molecule has 2 saturated heterocycles. The summed E-state index contributed by atoms with van der Waals surface area (Å²) in [5.74, 6) is -0.435. The second kappa shape index (κ2) is 3.81. The minimum Gasteiger partial charge on any atom is -0.336 e. The second-order valence-electron chi connectivity index (χ2n) is 4.48. The first-order chi connectivity index (χ1) is 8.61. The summed E-state index contributed by atoms with van der Waals surface area (Å²) in [4.78, 5) is 36.6. The molecule has 1 aromatic heterocycles. The molecule has 2 N–H and O–H groups in total. The number of carbonyl (C=O) groups is 3. The van der Waals surface area contributed by atoms with Crippen LogP contribution in [0.25, 0.3) is 0 Å². The monoisotopic (exact) mass is 265 g/mol. The Morgan fingerprint density at radius 1 is 1.44 bits per heavy atom. The first-order valence-corrected chi connectivity index (χ1v) is 6.50. The standard InChI is InChI=1S/C11H11N3O3S/c15-8(7-1-4-18-5-7)14-3-2-11(6-14)9(16)12-10(17)13-11/h1,4-5H,2-3,6H2,(H2,12,13,16,17). The third kappa shape index (κ3) is 1.59. The molecule has 18 heavy (non-hydrogen) atoms. The molecule has 3 heterocycles. The van der Waals surface area contributed by atoms with Gasteiger partial charge in [-0.25, -0.2) is 4.79 Å². The van der Waals surface area contributed by atoms with Gasteiger partial charge in [-0.3, -0.25) is 14.9 Å². The van der Waals surface area contributed by atoms with Gasteiger partial charge < -0.3 is 10.2 Å². The smallest absolute Gasteiger partial charge is 0.322 e.